The van der Waals surface area contributed by atoms with E-state index in [0.717, 1.165) is 12.8 Å². The summed E-state index contributed by atoms with van der Waals surface area (Å²) in [6.07, 6.45) is 7.55. The Kier molecular flexibility index (Phi) is 5.37. The van der Waals surface area contributed by atoms with Gasteiger partial charge in [-0.25, -0.2) is 0 Å². The molecule has 0 radical (unpaired) electrons. The highest BCUT2D eigenvalue weighted by Crippen LogP contribution is 2.17. The fourth-order valence-corrected chi connectivity index (χ4v) is 2.36. The Bertz CT molecular complexity index is 581. The molecule has 0 aliphatic heterocycles. The number of pyridine rings is 1. The molecule has 0 saturated carbocycles. The molecule has 0 amide bonds. The Hall–Kier alpha value is -1.33. The summed E-state index contributed by atoms with van der Waals surface area (Å²) in [4.78, 5) is 0. The Morgan fingerprint density at radius 3 is 2.50 bits per heavy atom. The maximum absolute atomic E-state index is 5.47. The number of rotatable bonds is 3. The highest BCUT2D eigenvalue weighted by molar-refractivity contribution is 5.79. The lowest BCUT2D eigenvalue weighted by Gasteiger charge is -2.07. The van der Waals surface area contributed by atoms with Gasteiger partial charge < -0.3 is 17.0 Å². The van der Waals surface area contributed by atoms with E-state index in [1.807, 2.05) is 0 Å². The molecule has 2 rings (SSSR count). The van der Waals surface area contributed by atoms with E-state index in [1.54, 1.807) is 0 Å². The van der Waals surface area contributed by atoms with Crippen LogP contribution in [0.1, 0.15) is 25.1 Å². The largest absolute Gasteiger partial charge is 1.00 e. The van der Waals surface area contributed by atoms with E-state index >= 15 is 0 Å². The molecule has 2 aromatic rings. The highest BCUT2D eigenvalue weighted by Gasteiger charge is 2.15. The van der Waals surface area contributed by atoms with Crippen molar-refractivity contribution in [2.75, 3.05) is 0 Å². The first-order valence-corrected chi connectivity index (χ1v) is 6.18. The molecule has 0 bridgehead atoms. The van der Waals surface area contributed by atoms with Gasteiger partial charge in [0.1, 0.15) is 0 Å². The zero-order valence-corrected chi connectivity index (χ0v) is 12.5. The number of fused-ring (bicyclic) bond motifs is 1. The van der Waals surface area contributed by atoms with E-state index in [2.05, 4.69) is 54.7 Å². The van der Waals surface area contributed by atoms with Crippen molar-refractivity contribution < 1.29 is 21.5 Å². The van der Waals surface area contributed by atoms with Gasteiger partial charge in [-0.15, -0.1) is 6.42 Å². The molecular weight excluding hydrogens is 286 g/mol. The lowest BCUT2D eigenvalue weighted by atomic mass is 10.0. The third kappa shape index (κ3) is 2.57. The molecule has 1 aromatic heterocycles. The van der Waals surface area contributed by atoms with Crippen molar-refractivity contribution in [1.82, 2.24) is 0 Å². The molecule has 18 heavy (non-hydrogen) atoms. The first kappa shape index (κ1) is 14.7. The minimum absolute atomic E-state index is 0. The molecule has 1 aromatic carbocycles. The lowest BCUT2D eigenvalue weighted by molar-refractivity contribution is -0.666. The fourth-order valence-electron chi connectivity index (χ4n) is 2.36. The average Bonchev–Trinajstić information content (AvgIpc) is 2.39. The summed E-state index contributed by atoms with van der Waals surface area (Å²) >= 11 is 0. The normalized spacial score (nSPS) is 9.83. The second-order valence-corrected chi connectivity index (χ2v) is 4.18. The monoisotopic (exact) mass is 303 g/mol. The topological polar surface area (TPSA) is 3.88 Å². The number of benzene rings is 1. The summed E-state index contributed by atoms with van der Waals surface area (Å²) in [5.41, 5.74) is 3.98. The summed E-state index contributed by atoms with van der Waals surface area (Å²) in [6, 6.07) is 10.8. The van der Waals surface area contributed by atoms with E-state index in [9.17, 15) is 0 Å². The van der Waals surface area contributed by atoms with Crippen molar-refractivity contribution in [2.45, 2.75) is 33.2 Å². The SMILES string of the molecule is C#CC[n+]1c(CC)cc(CC)c2ccccc21.[Br-]. The third-order valence-corrected chi connectivity index (χ3v) is 3.22. The van der Waals surface area contributed by atoms with Gasteiger partial charge in [0, 0.05) is 23.9 Å². The van der Waals surface area contributed by atoms with Crippen molar-refractivity contribution in [3.8, 4) is 12.3 Å². The molecule has 0 spiro atoms. The summed E-state index contributed by atoms with van der Waals surface area (Å²) in [5, 5.41) is 1.32. The number of hydrogen-bond donors (Lipinski definition) is 0. The van der Waals surface area contributed by atoms with E-state index in [-0.39, 0.29) is 17.0 Å². The van der Waals surface area contributed by atoms with Crippen LogP contribution in [-0.4, -0.2) is 0 Å². The average molecular weight is 304 g/mol. The highest BCUT2D eigenvalue weighted by atomic mass is 79.9. The van der Waals surface area contributed by atoms with Gasteiger partial charge in [-0.1, -0.05) is 26.0 Å². The number of aromatic nitrogens is 1. The molecule has 0 unspecified atom stereocenters. The van der Waals surface area contributed by atoms with Crippen LogP contribution in [0, 0.1) is 12.3 Å². The Morgan fingerprint density at radius 1 is 1.17 bits per heavy atom. The minimum atomic E-state index is 0. The first-order valence-electron chi connectivity index (χ1n) is 6.18. The zero-order chi connectivity index (χ0) is 12.3. The van der Waals surface area contributed by atoms with Gasteiger partial charge in [-0.3, -0.25) is 0 Å². The van der Waals surface area contributed by atoms with E-state index in [0.29, 0.717) is 6.54 Å². The molecule has 0 fully saturated rings. The first-order chi connectivity index (χ1) is 8.31. The quantitative estimate of drug-likeness (QED) is 0.550. The minimum Gasteiger partial charge on any atom is -1.00 e. The van der Waals surface area contributed by atoms with Crippen molar-refractivity contribution >= 4 is 10.9 Å². The number of terminal acetylenes is 1. The smallest absolute Gasteiger partial charge is 0.213 e. The van der Waals surface area contributed by atoms with Crippen LogP contribution in [0.5, 0.6) is 0 Å². The number of aryl methyl sites for hydroxylation is 2. The van der Waals surface area contributed by atoms with Crippen LogP contribution in [0.2, 0.25) is 0 Å². The molecule has 0 aliphatic rings. The molecule has 1 nitrogen and oxygen atoms in total. The van der Waals surface area contributed by atoms with Gasteiger partial charge in [0.25, 0.3) is 0 Å². The van der Waals surface area contributed by atoms with E-state index in [4.69, 9.17) is 6.42 Å². The van der Waals surface area contributed by atoms with E-state index in [1.165, 1.54) is 22.2 Å². The fraction of sp³-hybridized carbons (Fsp3) is 0.312. The lowest BCUT2D eigenvalue weighted by Crippen LogP contribution is -3.00. The molecule has 0 atom stereocenters. The van der Waals surface area contributed by atoms with Crippen molar-refractivity contribution in [3.05, 3.63) is 41.6 Å². The zero-order valence-electron chi connectivity index (χ0n) is 10.9. The summed E-state index contributed by atoms with van der Waals surface area (Å²) < 4.78 is 2.24. The summed E-state index contributed by atoms with van der Waals surface area (Å²) in [6.45, 7) is 5.02. The third-order valence-electron chi connectivity index (χ3n) is 3.22. The van der Waals surface area contributed by atoms with Crippen molar-refractivity contribution in [3.63, 3.8) is 0 Å². The van der Waals surface area contributed by atoms with Gasteiger partial charge in [0.15, 0.2) is 5.69 Å². The maximum Gasteiger partial charge on any atom is 0.213 e. The van der Waals surface area contributed by atoms with Crippen LogP contribution in [-0.2, 0) is 19.4 Å². The molecule has 94 valence electrons. The second-order valence-electron chi connectivity index (χ2n) is 4.18. The van der Waals surface area contributed by atoms with Crippen LogP contribution in [0.3, 0.4) is 0 Å². The Labute approximate surface area is 120 Å². The molecule has 0 aliphatic carbocycles. The molecule has 0 saturated heterocycles. The van der Waals surface area contributed by atoms with Crippen LogP contribution < -0.4 is 21.5 Å². The summed E-state index contributed by atoms with van der Waals surface area (Å²) in [5.74, 6) is 2.75. The molecular formula is C16H18BrN. The van der Waals surface area contributed by atoms with Gasteiger partial charge >= 0.3 is 0 Å². The molecule has 0 N–H and O–H groups in total. The number of nitrogens with zero attached hydrogens (tertiary/aromatic N) is 1. The van der Waals surface area contributed by atoms with Crippen LogP contribution in [0.4, 0.5) is 0 Å². The second kappa shape index (κ2) is 6.56. The van der Waals surface area contributed by atoms with Crippen LogP contribution >= 0.6 is 0 Å². The Balaban J connectivity index is 0.00000162. The molecule has 2 heteroatoms. The van der Waals surface area contributed by atoms with Gasteiger partial charge in [-0.05, 0) is 24.0 Å². The van der Waals surface area contributed by atoms with Gasteiger partial charge in [-0.2, -0.15) is 4.57 Å². The Morgan fingerprint density at radius 2 is 1.89 bits per heavy atom. The van der Waals surface area contributed by atoms with Crippen molar-refractivity contribution in [1.29, 1.82) is 0 Å². The number of para-hydroxylation sites is 1. The van der Waals surface area contributed by atoms with Gasteiger partial charge in [0.05, 0.1) is 0 Å². The predicted octanol–water partition coefficient (Wildman–Crippen LogP) is -0.111. The maximum atomic E-state index is 5.47. The van der Waals surface area contributed by atoms with Crippen LogP contribution in [0.25, 0.3) is 10.9 Å². The predicted molar refractivity (Wildman–Crippen MR) is 71.7 cm³/mol. The number of halogens is 1. The van der Waals surface area contributed by atoms with Crippen LogP contribution in [0.15, 0.2) is 30.3 Å². The standard InChI is InChI=1S/C16H18N.BrH/c1-4-11-17-14(6-3)12-13(5-2)15-9-7-8-10-16(15)17;/h1,7-10,12H,5-6,11H2,2-3H3;1H/q+1;/p-1. The number of hydrogen-bond acceptors (Lipinski definition) is 0. The van der Waals surface area contributed by atoms with Crippen molar-refractivity contribution in [2.24, 2.45) is 0 Å². The molecule has 1 heterocycles. The van der Waals surface area contributed by atoms with E-state index < -0.39 is 0 Å². The van der Waals surface area contributed by atoms with Gasteiger partial charge in [0.2, 0.25) is 12.1 Å². The summed E-state index contributed by atoms with van der Waals surface area (Å²) in [7, 11) is 0.